The minimum absolute atomic E-state index is 0.0726. The van der Waals surface area contributed by atoms with Crippen molar-refractivity contribution in [1.82, 2.24) is 9.80 Å². The van der Waals surface area contributed by atoms with Crippen molar-refractivity contribution in [2.75, 3.05) is 38.0 Å². The number of nitrogens with one attached hydrogen (secondary N) is 1. The van der Waals surface area contributed by atoms with E-state index in [-0.39, 0.29) is 33.5 Å². The van der Waals surface area contributed by atoms with Gasteiger partial charge in [-0.15, -0.1) is 0 Å². The van der Waals surface area contributed by atoms with Gasteiger partial charge in [-0.25, -0.2) is 8.42 Å². The van der Waals surface area contributed by atoms with Gasteiger partial charge in [0, 0.05) is 26.2 Å². The van der Waals surface area contributed by atoms with Crippen LogP contribution in [0.3, 0.4) is 0 Å². The highest BCUT2D eigenvalue weighted by molar-refractivity contribution is 7.92. The third-order valence-electron chi connectivity index (χ3n) is 6.06. The molecule has 0 aromatic heterocycles. The third kappa shape index (κ3) is 5.70. The van der Waals surface area contributed by atoms with Crippen LogP contribution in [0.4, 0.5) is 5.69 Å². The van der Waals surface area contributed by atoms with Crippen LogP contribution in [0.15, 0.2) is 47.4 Å². The molecular weight excluding hydrogens is 454 g/mol. The van der Waals surface area contributed by atoms with E-state index in [1.165, 1.54) is 25.3 Å². The second-order valence-corrected chi connectivity index (χ2v) is 9.88. The Kier molecular flexibility index (Phi) is 8.55. The maximum absolute atomic E-state index is 13.3. The lowest BCUT2D eigenvalue weighted by Gasteiger charge is -2.22. The van der Waals surface area contributed by atoms with E-state index in [0.717, 1.165) is 25.7 Å². The first-order valence-corrected chi connectivity index (χ1v) is 13.2. The lowest BCUT2D eigenvalue weighted by Crippen LogP contribution is -2.32. The second-order valence-electron chi connectivity index (χ2n) is 8.20. The largest absolute Gasteiger partial charge is 0.496 e. The van der Waals surface area contributed by atoms with Crippen molar-refractivity contribution >= 4 is 27.5 Å². The number of nitrogens with zero attached hydrogens (tertiary/aromatic N) is 2. The molecule has 1 N–H and O–H groups in total. The predicted octanol–water partition coefficient (Wildman–Crippen LogP) is 3.99. The van der Waals surface area contributed by atoms with Gasteiger partial charge >= 0.3 is 0 Å². The van der Waals surface area contributed by atoms with Crippen LogP contribution in [-0.2, 0) is 10.0 Å². The highest BCUT2D eigenvalue weighted by atomic mass is 32.2. The van der Waals surface area contributed by atoms with Crippen molar-refractivity contribution < 1.29 is 22.7 Å². The first kappa shape index (κ1) is 25.6. The Labute approximate surface area is 201 Å². The Bertz CT molecular complexity index is 1120. The van der Waals surface area contributed by atoms with Crippen LogP contribution in [0.25, 0.3) is 0 Å². The minimum atomic E-state index is -4.07. The fourth-order valence-corrected chi connectivity index (χ4v) is 5.21. The van der Waals surface area contributed by atoms with Crippen LogP contribution in [0.1, 0.15) is 60.2 Å². The molecule has 8 nitrogen and oxygen atoms in total. The fourth-order valence-electron chi connectivity index (χ4n) is 4.11. The molecule has 1 aliphatic heterocycles. The van der Waals surface area contributed by atoms with Crippen molar-refractivity contribution in [3.05, 3.63) is 53.6 Å². The van der Waals surface area contributed by atoms with Gasteiger partial charge in [0.15, 0.2) is 0 Å². The smallest absolute Gasteiger partial charge is 0.261 e. The molecular formula is C25H33N3O5S. The number of likely N-dealkylation sites (tertiary alicyclic amines) is 1. The van der Waals surface area contributed by atoms with Crippen molar-refractivity contribution in [2.24, 2.45) is 0 Å². The number of para-hydroxylation sites is 1. The molecule has 0 spiro atoms. The van der Waals surface area contributed by atoms with Crippen molar-refractivity contribution in [1.29, 1.82) is 0 Å². The minimum Gasteiger partial charge on any atom is -0.496 e. The molecule has 0 unspecified atom stereocenters. The average Bonchev–Trinajstić information content (AvgIpc) is 3.13. The Hall–Kier alpha value is -3.07. The fraction of sp³-hybridized carbons (Fsp3) is 0.440. The molecule has 0 atom stereocenters. The summed E-state index contributed by atoms with van der Waals surface area (Å²) in [5, 5.41) is 0. The summed E-state index contributed by atoms with van der Waals surface area (Å²) in [5.74, 6) is -0.173. The summed E-state index contributed by atoms with van der Waals surface area (Å²) in [6.07, 6.45) is 3.99. The first-order chi connectivity index (χ1) is 16.3. The van der Waals surface area contributed by atoms with Crippen LogP contribution in [-0.4, -0.2) is 63.3 Å². The number of carbonyl (C=O) groups excluding carboxylic acids is 2. The number of anilines is 1. The van der Waals surface area contributed by atoms with Crippen LogP contribution < -0.4 is 9.46 Å². The Morgan fingerprint density at radius 2 is 1.62 bits per heavy atom. The summed E-state index contributed by atoms with van der Waals surface area (Å²) in [6.45, 7) is 6.03. The van der Waals surface area contributed by atoms with Gasteiger partial charge in [0.25, 0.3) is 21.8 Å². The van der Waals surface area contributed by atoms with Gasteiger partial charge in [0.1, 0.15) is 5.75 Å². The molecule has 34 heavy (non-hydrogen) atoms. The van der Waals surface area contributed by atoms with E-state index in [4.69, 9.17) is 4.74 Å². The Morgan fingerprint density at radius 3 is 2.24 bits per heavy atom. The number of methoxy groups -OCH3 is 1. The molecule has 1 saturated heterocycles. The number of hydrogen-bond donors (Lipinski definition) is 1. The molecule has 2 aromatic rings. The SMILES string of the molecule is CCN(CC)C(=O)c1ccccc1NS(=O)(=O)c1ccc(OC)c(C(=O)N2CCCCCC2)c1. The molecule has 3 rings (SSSR count). The topological polar surface area (TPSA) is 96.0 Å². The van der Waals surface area contributed by atoms with Gasteiger partial charge in [-0.1, -0.05) is 25.0 Å². The highest BCUT2D eigenvalue weighted by Crippen LogP contribution is 2.27. The number of hydrogen-bond acceptors (Lipinski definition) is 5. The molecule has 184 valence electrons. The Morgan fingerprint density at radius 1 is 0.971 bits per heavy atom. The number of rotatable bonds is 8. The van der Waals surface area contributed by atoms with E-state index in [1.807, 2.05) is 13.8 Å². The van der Waals surface area contributed by atoms with E-state index in [2.05, 4.69) is 4.72 Å². The molecule has 0 saturated carbocycles. The molecule has 2 amide bonds. The molecule has 0 aliphatic carbocycles. The van der Waals surface area contributed by atoms with Gasteiger partial charge < -0.3 is 14.5 Å². The molecule has 2 aromatic carbocycles. The van der Waals surface area contributed by atoms with Crippen LogP contribution >= 0.6 is 0 Å². The molecule has 0 radical (unpaired) electrons. The highest BCUT2D eigenvalue weighted by Gasteiger charge is 2.25. The second kappa shape index (κ2) is 11.4. The zero-order chi connectivity index (χ0) is 24.7. The van der Waals surface area contributed by atoms with E-state index < -0.39 is 10.0 Å². The summed E-state index contributed by atoms with van der Waals surface area (Å²) in [5.41, 5.74) is 0.666. The molecule has 1 heterocycles. The van der Waals surface area contributed by atoms with Gasteiger partial charge in [-0.3, -0.25) is 14.3 Å². The number of ether oxygens (including phenoxy) is 1. The van der Waals surface area contributed by atoms with Gasteiger partial charge in [-0.2, -0.15) is 0 Å². The monoisotopic (exact) mass is 487 g/mol. The number of amides is 2. The summed E-state index contributed by atoms with van der Waals surface area (Å²) in [4.78, 5) is 29.4. The normalized spacial score (nSPS) is 14.3. The Balaban J connectivity index is 1.94. The zero-order valence-electron chi connectivity index (χ0n) is 20.0. The lowest BCUT2D eigenvalue weighted by atomic mass is 10.1. The lowest BCUT2D eigenvalue weighted by molar-refractivity contribution is 0.0754. The molecule has 1 aliphatic rings. The maximum atomic E-state index is 13.3. The molecule has 1 fully saturated rings. The quantitative estimate of drug-likeness (QED) is 0.607. The summed E-state index contributed by atoms with van der Waals surface area (Å²) >= 11 is 0. The van der Waals surface area contributed by atoms with Gasteiger partial charge in [-0.05, 0) is 57.0 Å². The van der Waals surface area contributed by atoms with Crippen LogP contribution in [0, 0.1) is 0 Å². The first-order valence-electron chi connectivity index (χ1n) is 11.7. The van der Waals surface area contributed by atoms with Gasteiger partial charge in [0.2, 0.25) is 0 Å². The van der Waals surface area contributed by atoms with Crippen molar-refractivity contribution in [2.45, 2.75) is 44.4 Å². The van der Waals surface area contributed by atoms with Gasteiger partial charge in [0.05, 0.1) is 28.8 Å². The zero-order valence-corrected chi connectivity index (χ0v) is 20.9. The molecule has 0 bridgehead atoms. The number of carbonyl (C=O) groups is 2. The van der Waals surface area contributed by atoms with E-state index in [0.29, 0.717) is 31.9 Å². The van der Waals surface area contributed by atoms with Crippen LogP contribution in [0.2, 0.25) is 0 Å². The van der Waals surface area contributed by atoms with Crippen molar-refractivity contribution in [3.8, 4) is 5.75 Å². The average molecular weight is 488 g/mol. The van der Waals surface area contributed by atoms with E-state index in [9.17, 15) is 18.0 Å². The third-order valence-corrected chi connectivity index (χ3v) is 7.42. The van der Waals surface area contributed by atoms with E-state index in [1.54, 1.807) is 34.1 Å². The van der Waals surface area contributed by atoms with Crippen LogP contribution in [0.5, 0.6) is 5.75 Å². The summed E-state index contributed by atoms with van der Waals surface area (Å²) in [6, 6.07) is 10.8. The molecule has 9 heteroatoms. The van der Waals surface area contributed by atoms with Crippen molar-refractivity contribution in [3.63, 3.8) is 0 Å². The summed E-state index contributed by atoms with van der Waals surface area (Å²) in [7, 11) is -2.62. The number of benzene rings is 2. The summed E-state index contributed by atoms with van der Waals surface area (Å²) < 4.78 is 34.5. The predicted molar refractivity (Wildman–Crippen MR) is 132 cm³/mol. The standard InChI is InChI=1S/C25H33N3O5S/c1-4-27(5-2)24(29)20-12-8-9-13-22(20)26-34(31,32)19-14-15-23(33-3)21(18-19)25(30)28-16-10-6-7-11-17-28/h8-9,12-15,18,26H,4-7,10-11,16-17H2,1-3H3. The van der Waals surface area contributed by atoms with E-state index >= 15 is 0 Å². The maximum Gasteiger partial charge on any atom is 0.261 e. The number of sulfonamides is 1.